The Labute approximate surface area is 133 Å². The second kappa shape index (κ2) is 6.60. The highest BCUT2D eigenvalue weighted by molar-refractivity contribution is 7.92. The predicted molar refractivity (Wildman–Crippen MR) is 88.1 cm³/mol. The number of sulfonamides is 1. The van der Waals surface area contributed by atoms with E-state index in [4.69, 9.17) is 16.9 Å². The van der Waals surface area contributed by atoms with Gasteiger partial charge in [-0.1, -0.05) is 23.7 Å². The van der Waals surface area contributed by atoms with E-state index in [1.165, 1.54) is 0 Å². The molecule has 0 heterocycles. The van der Waals surface area contributed by atoms with E-state index in [0.29, 0.717) is 22.5 Å². The molecule has 2 aromatic rings. The maximum Gasteiger partial charge on any atom is 0.229 e. The van der Waals surface area contributed by atoms with Crippen LogP contribution >= 0.6 is 11.6 Å². The highest BCUT2D eigenvalue weighted by atomic mass is 35.5. The lowest BCUT2D eigenvalue weighted by molar-refractivity contribution is 0.607. The van der Waals surface area contributed by atoms with Crippen LogP contribution in [0.5, 0.6) is 0 Å². The molecule has 7 heteroatoms. The Balaban J connectivity index is 2.19. The zero-order chi connectivity index (χ0) is 16.2. The molecule has 0 spiro atoms. The molecule has 5 nitrogen and oxygen atoms in total. The summed E-state index contributed by atoms with van der Waals surface area (Å²) in [5.74, 6) is 0. The third-order valence-electron chi connectivity index (χ3n) is 2.65. The van der Waals surface area contributed by atoms with Crippen molar-refractivity contribution in [1.82, 2.24) is 0 Å². The molecular formula is C15H12ClN3O2S. The van der Waals surface area contributed by atoms with Crippen LogP contribution in [0.3, 0.4) is 0 Å². The van der Waals surface area contributed by atoms with Gasteiger partial charge in [0.15, 0.2) is 0 Å². The van der Waals surface area contributed by atoms with Crippen LogP contribution in [0.4, 0.5) is 11.4 Å². The van der Waals surface area contributed by atoms with Crippen molar-refractivity contribution < 1.29 is 8.42 Å². The highest BCUT2D eigenvalue weighted by Gasteiger charge is 2.03. The first-order valence-corrected chi connectivity index (χ1v) is 8.47. The van der Waals surface area contributed by atoms with Gasteiger partial charge in [0.1, 0.15) is 5.17 Å². The Morgan fingerprint density at radius 3 is 2.23 bits per heavy atom. The van der Waals surface area contributed by atoms with Gasteiger partial charge >= 0.3 is 0 Å². The number of nitriles is 1. The number of aliphatic imine (C=N–C) groups is 1. The second-order valence-corrected chi connectivity index (χ2v) is 6.62. The van der Waals surface area contributed by atoms with Gasteiger partial charge in [-0.25, -0.2) is 13.4 Å². The van der Waals surface area contributed by atoms with Crippen LogP contribution in [0.25, 0.3) is 0 Å². The van der Waals surface area contributed by atoms with Crippen LogP contribution in [0.1, 0.15) is 11.1 Å². The van der Waals surface area contributed by atoms with Crippen molar-refractivity contribution >= 4 is 38.2 Å². The summed E-state index contributed by atoms with van der Waals surface area (Å²) >= 11 is 6.14. The maximum absolute atomic E-state index is 11.1. The first-order valence-electron chi connectivity index (χ1n) is 6.20. The summed E-state index contributed by atoms with van der Waals surface area (Å²) in [6.45, 7) is 0. The summed E-state index contributed by atoms with van der Waals surface area (Å²) in [4.78, 5) is 4.24. The summed E-state index contributed by atoms with van der Waals surface area (Å²) in [5.41, 5.74) is 2.28. The highest BCUT2D eigenvalue weighted by Crippen LogP contribution is 2.19. The first-order chi connectivity index (χ1) is 10.4. The van der Waals surface area contributed by atoms with E-state index in [0.717, 1.165) is 6.26 Å². The number of nitrogens with zero attached hydrogens (tertiary/aromatic N) is 2. The van der Waals surface area contributed by atoms with Crippen LogP contribution in [0, 0.1) is 11.3 Å². The van der Waals surface area contributed by atoms with Gasteiger partial charge in [-0.3, -0.25) is 4.72 Å². The molecule has 2 aromatic carbocycles. The zero-order valence-electron chi connectivity index (χ0n) is 11.6. The summed E-state index contributed by atoms with van der Waals surface area (Å²) in [6, 6.07) is 15.3. The van der Waals surface area contributed by atoms with Crippen molar-refractivity contribution in [2.45, 2.75) is 0 Å². The molecule has 0 saturated carbocycles. The number of halogens is 1. The molecule has 0 unspecified atom stereocenters. The summed E-state index contributed by atoms with van der Waals surface area (Å²) < 4.78 is 24.6. The van der Waals surface area contributed by atoms with Crippen molar-refractivity contribution in [3.63, 3.8) is 0 Å². The van der Waals surface area contributed by atoms with Crippen molar-refractivity contribution in [2.24, 2.45) is 4.99 Å². The third-order valence-corrected chi connectivity index (χ3v) is 3.56. The topological polar surface area (TPSA) is 82.3 Å². The molecule has 0 fully saturated rings. The van der Waals surface area contributed by atoms with Gasteiger partial charge < -0.3 is 0 Å². The van der Waals surface area contributed by atoms with Crippen molar-refractivity contribution in [1.29, 1.82) is 5.26 Å². The molecule has 0 aliphatic carbocycles. The normalized spacial score (nSPS) is 11.8. The Kier molecular flexibility index (Phi) is 4.81. The molecule has 2 rings (SSSR count). The maximum atomic E-state index is 11.1. The average molecular weight is 334 g/mol. The molecule has 0 atom stereocenters. The molecule has 0 aromatic heterocycles. The minimum Gasteiger partial charge on any atom is -0.284 e. The predicted octanol–water partition coefficient (Wildman–Crippen LogP) is 3.25. The molecule has 112 valence electrons. The smallest absolute Gasteiger partial charge is 0.229 e. The van der Waals surface area contributed by atoms with E-state index >= 15 is 0 Å². The molecule has 0 saturated heterocycles. The zero-order valence-corrected chi connectivity index (χ0v) is 13.2. The number of anilines is 1. The Hall–Kier alpha value is -2.36. The second-order valence-electron chi connectivity index (χ2n) is 4.51. The van der Waals surface area contributed by atoms with E-state index in [1.807, 2.05) is 6.07 Å². The minimum absolute atomic E-state index is 0.285. The number of hydrogen-bond acceptors (Lipinski definition) is 4. The van der Waals surface area contributed by atoms with Crippen molar-refractivity contribution in [3.05, 3.63) is 59.7 Å². The minimum atomic E-state index is -3.30. The largest absolute Gasteiger partial charge is 0.284 e. The van der Waals surface area contributed by atoms with Gasteiger partial charge in [0.05, 0.1) is 23.6 Å². The molecular weight excluding hydrogens is 322 g/mol. The quantitative estimate of drug-likeness (QED) is 0.872. The van der Waals surface area contributed by atoms with Crippen LogP contribution in [0.15, 0.2) is 53.5 Å². The average Bonchev–Trinajstić information content (AvgIpc) is 2.48. The van der Waals surface area contributed by atoms with E-state index in [9.17, 15) is 8.42 Å². The Morgan fingerprint density at radius 1 is 1.14 bits per heavy atom. The third kappa shape index (κ3) is 4.58. The molecule has 0 bridgehead atoms. The van der Waals surface area contributed by atoms with Crippen LogP contribution in [0.2, 0.25) is 0 Å². The van der Waals surface area contributed by atoms with E-state index < -0.39 is 10.0 Å². The number of hydrogen-bond donors (Lipinski definition) is 1. The molecule has 0 radical (unpaired) electrons. The van der Waals surface area contributed by atoms with Gasteiger partial charge in [-0.15, -0.1) is 0 Å². The number of nitrogens with one attached hydrogen (secondary N) is 1. The van der Waals surface area contributed by atoms with E-state index in [1.54, 1.807) is 48.5 Å². The van der Waals surface area contributed by atoms with Crippen molar-refractivity contribution in [3.8, 4) is 6.07 Å². The van der Waals surface area contributed by atoms with E-state index in [2.05, 4.69) is 9.71 Å². The first kappa shape index (κ1) is 16.0. The van der Waals surface area contributed by atoms with Gasteiger partial charge in [0, 0.05) is 11.3 Å². The summed E-state index contributed by atoms with van der Waals surface area (Å²) in [5, 5.41) is 9.03. The van der Waals surface area contributed by atoms with Gasteiger partial charge in [0.2, 0.25) is 10.0 Å². The standard InChI is InChI=1S/C15H12ClN3O2S/c1-22(20,21)19-14-8-6-13(7-9-14)18-15(16)12-4-2-11(10-17)3-5-12/h2-9,19H,1H3. The number of rotatable bonds is 4. The monoisotopic (exact) mass is 333 g/mol. The summed E-state index contributed by atoms with van der Waals surface area (Å²) in [6.07, 6.45) is 1.08. The Bertz CT molecular complexity index is 836. The Morgan fingerprint density at radius 2 is 1.73 bits per heavy atom. The summed E-state index contributed by atoms with van der Waals surface area (Å²) in [7, 11) is -3.30. The number of benzene rings is 2. The molecule has 0 amide bonds. The van der Waals surface area contributed by atoms with Gasteiger partial charge in [-0.2, -0.15) is 5.26 Å². The lowest BCUT2D eigenvalue weighted by Gasteiger charge is -2.04. The SMILES string of the molecule is CS(=O)(=O)Nc1ccc(N=C(Cl)c2ccc(C#N)cc2)cc1. The van der Waals surface area contributed by atoms with Crippen LogP contribution < -0.4 is 4.72 Å². The van der Waals surface area contributed by atoms with Crippen LogP contribution in [-0.2, 0) is 10.0 Å². The fraction of sp³-hybridized carbons (Fsp3) is 0.0667. The molecule has 22 heavy (non-hydrogen) atoms. The van der Waals surface area contributed by atoms with Gasteiger partial charge in [-0.05, 0) is 36.4 Å². The molecule has 1 N–H and O–H groups in total. The molecule has 0 aliphatic rings. The fourth-order valence-corrected chi connectivity index (χ4v) is 2.47. The lowest BCUT2D eigenvalue weighted by Crippen LogP contribution is -2.09. The molecule has 0 aliphatic heterocycles. The fourth-order valence-electron chi connectivity index (χ4n) is 1.68. The lowest BCUT2D eigenvalue weighted by atomic mass is 10.1. The van der Waals surface area contributed by atoms with Crippen molar-refractivity contribution in [2.75, 3.05) is 11.0 Å². The van der Waals surface area contributed by atoms with E-state index in [-0.39, 0.29) is 5.17 Å². The van der Waals surface area contributed by atoms with Crippen LogP contribution in [-0.4, -0.2) is 19.8 Å². The van der Waals surface area contributed by atoms with Gasteiger partial charge in [0.25, 0.3) is 0 Å².